The molecule has 0 bridgehead atoms. The SMILES string of the molecule is CC(=O)N1C[C@H]2CN(Cc3ccccc3C#N)C[C@H]2[C@H]1c1cccc(F)c1. The number of nitriles is 1. The minimum absolute atomic E-state index is 0.0417. The Morgan fingerprint density at radius 1 is 1.19 bits per heavy atom. The van der Waals surface area contributed by atoms with E-state index in [1.807, 2.05) is 35.2 Å². The Balaban J connectivity index is 1.57. The zero-order valence-electron chi connectivity index (χ0n) is 15.3. The highest BCUT2D eigenvalue weighted by Crippen LogP contribution is 2.45. The average Bonchev–Trinajstić information content (AvgIpc) is 3.19. The molecule has 2 heterocycles. The van der Waals surface area contributed by atoms with E-state index in [-0.39, 0.29) is 23.7 Å². The molecule has 2 aromatic carbocycles. The van der Waals surface area contributed by atoms with Crippen LogP contribution in [0.2, 0.25) is 0 Å². The Hall–Kier alpha value is -2.71. The highest BCUT2D eigenvalue weighted by atomic mass is 19.1. The summed E-state index contributed by atoms with van der Waals surface area (Å²) < 4.78 is 13.8. The summed E-state index contributed by atoms with van der Waals surface area (Å²) in [5.41, 5.74) is 2.62. The second-order valence-electron chi connectivity index (χ2n) is 7.56. The maximum absolute atomic E-state index is 13.8. The molecule has 2 fully saturated rings. The van der Waals surface area contributed by atoms with Gasteiger partial charge in [-0.15, -0.1) is 0 Å². The molecular weight excluding hydrogens is 341 g/mol. The van der Waals surface area contributed by atoms with Crippen molar-refractivity contribution in [3.8, 4) is 6.07 Å². The third kappa shape index (κ3) is 3.33. The molecule has 0 spiro atoms. The number of halogens is 1. The molecule has 3 atom stereocenters. The second kappa shape index (κ2) is 7.13. The van der Waals surface area contributed by atoms with E-state index >= 15 is 0 Å². The lowest BCUT2D eigenvalue weighted by Gasteiger charge is -2.29. The van der Waals surface area contributed by atoms with Crippen LogP contribution in [0, 0.1) is 29.0 Å². The number of carbonyl (C=O) groups excluding carboxylic acids is 1. The number of benzene rings is 2. The first-order valence-electron chi connectivity index (χ1n) is 9.30. The molecule has 0 radical (unpaired) electrons. The van der Waals surface area contributed by atoms with E-state index in [4.69, 9.17) is 0 Å². The van der Waals surface area contributed by atoms with Crippen molar-refractivity contribution in [3.63, 3.8) is 0 Å². The van der Waals surface area contributed by atoms with Gasteiger partial charge in [-0.05, 0) is 35.2 Å². The summed E-state index contributed by atoms with van der Waals surface area (Å²) >= 11 is 0. The summed E-state index contributed by atoms with van der Waals surface area (Å²) in [5.74, 6) is 0.429. The molecular formula is C22H22FN3O. The zero-order chi connectivity index (χ0) is 19.0. The van der Waals surface area contributed by atoms with Gasteiger partial charge in [-0.1, -0.05) is 30.3 Å². The van der Waals surface area contributed by atoms with Crippen LogP contribution in [0.25, 0.3) is 0 Å². The summed E-state index contributed by atoms with van der Waals surface area (Å²) in [6, 6.07) is 16.5. The maximum Gasteiger partial charge on any atom is 0.219 e. The summed E-state index contributed by atoms with van der Waals surface area (Å²) in [4.78, 5) is 16.4. The van der Waals surface area contributed by atoms with Gasteiger partial charge in [0.25, 0.3) is 0 Å². The lowest BCUT2D eigenvalue weighted by molar-refractivity contribution is -0.130. The number of likely N-dealkylation sites (tertiary alicyclic amines) is 2. The lowest BCUT2D eigenvalue weighted by atomic mass is 9.89. The smallest absolute Gasteiger partial charge is 0.219 e. The van der Waals surface area contributed by atoms with Crippen molar-refractivity contribution in [3.05, 3.63) is 71.0 Å². The third-order valence-electron chi connectivity index (χ3n) is 5.87. The van der Waals surface area contributed by atoms with E-state index in [9.17, 15) is 14.4 Å². The monoisotopic (exact) mass is 363 g/mol. The van der Waals surface area contributed by atoms with Gasteiger partial charge in [0.15, 0.2) is 0 Å². The summed E-state index contributed by atoms with van der Waals surface area (Å²) in [7, 11) is 0. The fourth-order valence-corrected chi connectivity index (χ4v) is 4.72. The Kier molecular flexibility index (Phi) is 4.67. The van der Waals surface area contributed by atoms with Gasteiger partial charge in [-0.3, -0.25) is 9.69 Å². The van der Waals surface area contributed by atoms with Gasteiger partial charge >= 0.3 is 0 Å². The minimum atomic E-state index is -0.266. The van der Waals surface area contributed by atoms with Crippen molar-refractivity contribution in [1.82, 2.24) is 9.80 Å². The summed E-state index contributed by atoms with van der Waals surface area (Å²) in [6.45, 7) is 4.76. The molecule has 27 heavy (non-hydrogen) atoms. The third-order valence-corrected chi connectivity index (χ3v) is 5.87. The van der Waals surface area contributed by atoms with Crippen molar-refractivity contribution < 1.29 is 9.18 Å². The van der Waals surface area contributed by atoms with E-state index in [2.05, 4.69) is 11.0 Å². The number of carbonyl (C=O) groups is 1. The van der Waals surface area contributed by atoms with Crippen LogP contribution in [-0.2, 0) is 11.3 Å². The normalized spacial score (nSPS) is 24.6. The largest absolute Gasteiger partial charge is 0.335 e. The molecule has 2 aromatic rings. The number of fused-ring (bicyclic) bond motifs is 1. The first-order chi connectivity index (χ1) is 13.1. The topological polar surface area (TPSA) is 47.3 Å². The number of hydrogen-bond acceptors (Lipinski definition) is 3. The van der Waals surface area contributed by atoms with Crippen LogP contribution in [0.5, 0.6) is 0 Å². The lowest BCUT2D eigenvalue weighted by Crippen LogP contribution is -2.34. The average molecular weight is 363 g/mol. The fraction of sp³-hybridized carbons (Fsp3) is 0.364. The van der Waals surface area contributed by atoms with Crippen LogP contribution in [0.4, 0.5) is 4.39 Å². The van der Waals surface area contributed by atoms with Gasteiger partial charge in [0.05, 0.1) is 17.7 Å². The van der Waals surface area contributed by atoms with Gasteiger partial charge in [0.1, 0.15) is 5.82 Å². The van der Waals surface area contributed by atoms with Gasteiger partial charge < -0.3 is 4.90 Å². The summed E-state index contributed by atoms with van der Waals surface area (Å²) in [5, 5.41) is 9.32. The predicted molar refractivity (Wildman–Crippen MR) is 99.9 cm³/mol. The molecule has 4 nitrogen and oxygen atoms in total. The molecule has 0 N–H and O–H groups in total. The number of amides is 1. The minimum Gasteiger partial charge on any atom is -0.335 e. The summed E-state index contributed by atoms with van der Waals surface area (Å²) in [6.07, 6.45) is 0. The molecule has 0 aromatic heterocycles. The highest BCUT2D eigenvalue weighted by molar-refractivity contribution is 5.74. The fourth-order valence-electron chi connectivity index (χ4n) is 4.72. The zero-order valence-corrected chi connectivity index (χ0v) is 15.3. The molecule has 5 heteroatoms. The molecule has 0 saturated carbocycles. The Bertz CT molecular complexity index is 906. The van der Waals surface area contributed by atoms with Crippen molar-refractivity contribution >= 4 is 5.91 Å². The molecule has 2 aliphatic heterocycles. The maximum atomic E-state index is 13.8. The molecule has 4 rings (SSSR count). The molecule has 2 aliphatic rings. The quantitative estimate of drug-likeness (QED) is 0.840. The first kappa shape index (κ1) is 17.7. The molecule has 0 aliphatic carbocycles. The van der Waals surface area contributed by atoms with Crippen molar-refractivity contribution in [2.24, 2.45) is 11.8 Å². The van der Waals surface area contributed by atoms with E-state index in [1.165, 1.54) is 6.07 Å². The van der Waals surface area contributed by atoms with Crippen molar-refractivity contribution in [2.45, 2.75) is 19.5 Å². The second-order valence-corrected chi connectivity index (χ2v) is 7.56. The van der Waals surface area contributed by atoms with E-state index in [0.29, 0.717) is 18.0 Å². The predicted octanol–water partition coefficient (Wildman–Crippen LogP) is 3.35. The number of hydrogen-bond donors (Lipinski definition) is 0. The van der Waals surface area contributed by atoms with E-state index < -0.39 is 0 Å². The van der Waals surface area contributed by atoms with Crippen molar-refractivity contribution in [2.75, 3.05) is 19.6 Å². The first-order valence-corrected chi connectivity index (χ1v) is 9.30. The Morgan fingerprint density at radius 2 is 2.00 bits per heavy atom. The highest BCUT2D eigenvalue weighted by Gasteiger charge is 2.48. The van der Waals surface area contributed by atoms with Crippen LogP contribution in [0.3, 0.4) is 0 Å². The standard InChI is InChI=1S/C22H22FN3O/c1-15(27)26-13-19-12-25(11-18-6-3-2-5-17(18)10-24)14-21(19)22(26)16-7-4-8-20(23)9-16/h2-9,19,21-22H,11-14H2,1H3/t19-,21-,22-/m1/s1. The number of rotatable bonds is 3. The Labute approximate surface area is 158 Å². The van der Waals surface area contributed by atoms with Crippen LogP contribution in [0.1, 0.15) is 29.7 Å². The van der Waals surface area contributed by atoms with Gasteiger partial charge in [-0.2, -0.15) is 5.26 Å². The number of nitrogens with zero attached hydrogens (tertiary/aromatic N) is 3. The van der Waals surface area contributed by atoms with Crippen LogP contribution >= 0.6 is 0 Å². The van der Waals surface area contributed by atoms with Crippen LogP contribution in [-0.4, -0.2) is 35.3 Å². The van der Waals surface area contributed by atoms with Crippen LogP contribution < -0.4 is 0 Å². The van der Waals surface area contributed by atoms with Crippen LogP contribution in [0.15, 0.2) is 48.5 Å². The Morgan fingerprint density at radius 3 is 2.74 bits per heavy atom. The van der Waals surface area contributed by atoms with Crippen molar-refractivity contribution in [1.29, 1.82) is 5.26 Å². The van der Waals surface area contributed by atoms with Gasteiger partial charge in [0, 0.05) is 39.0 Å². The van der Waals surface area contributed by atoms with E-state index in [0.717, 1.165) is 30.8 Å². The molecule has 2 saturated heterocycles. The van der Waals surface area contributed by atoms with Gasteiger partial charge in [-0.25, -0.2) is 4.39 Å². The van der Waals surface area contributed by atoms with E-state index in [1.54, 1.807) is 19.1 Å². The molecule has 138 valence electrons. The molecule has 0 unspecified atom stereocenters. The molecule has 1 amide bonds. The van der Waals surface area contributed by atoms with Gasteiger partial charge in [0.2, 0.25) is 5.91 Å².